The van der Waals surface area contributed by atoms with Gasteiger partial charge in [0.15, 0.2) is 0 Å². The van der Waals surface area contributed by atoms with Gasteiger partial charge in [-0.2, -0.15) is 0 Å². The summed E-state index contributed by atoms with van der Waals surface area (Å²) < 4.78 is 5.60. The predicted molar refractivity (Wildman–Crippen MR) is 86.1 cm³/mol. The lowest BCUT2D eigenvalue weighted by molar-refractivity contribution is -0.120. The first kappa shape index (κ1) is 16.1. The Bertz CT molecular complexity index is 495. The summed E-state index contributed by atoms with van der Waals surface area (Å²) in [5, 5.41) is 0. The second kappa shape index (κ2) is 7.14. The van der Waals surface area contributed by atoms with Crippen LogP contribution in [0.4, 0.5) is 5.69 Å². The number of anilines is 1. The van der Waals surface area contributed by atoms with Gasteiger partial charge >= 0.3 is 0 Å². The van der Waals surface area contributed by atoms with E-state index < -0.39 is 0 Å². The Morgan fingerprint density at radius 1 is 1.29 bits per heavy atom. The van der Waals surface area contributed by atoms with Crippen LogP contribution in [0.25, 0.3) is 0 Å². The average Bonchev–Trinajstić information content (AvgIpc) is 2.49. The Balaban J connectivity index is 0.00000161. The van der Waals surface area contributed by atoms with Gasteiger partial charge in [-0.05, 0) is 30.9 Å². The number of hydrogen-bond donors (Lipinski definition) is 1. The Labute approximate surface area is 132 Å². The second-order valence-electron chi connectivity index (χ2n) is 5.77. The zero-order valence-electron chi connectivity index (χ0n) is 12.2. The van der Waals surface area contributed by atoms with E-state index >= 15 is 0 Å². The molecule has 1 aromatic rings. The second-order valence-corrected chi connectivity index (χ2v) is 5.77. The van der Waals surface area contributed by atoms with Crippen molar-refractivity contribution < 1.29 is 9.53 Å². The van der Waals surface area contributed by atoms with E-state index in [1.165, 1.54) is 12.8 Å². The summed E-state index contributed by atoms with van der Waals surface area (Å²) in [6, 6.07) is 7.93. The van der Waals surface area contributed by atoms with Gasteiger partial charge in [0.1, 0.15) is 12.4 Å². The lowest BCUT2D eigenvalue weighted by Gasteiger charge is -2.33. The normalized spacial score (nSPS) is 24.5. The number of amides is 1. The molecule has 21 heavy (non-hydrogen) atoms. The standard InChI is InChI=1S/C16H22N2O2.ClH/c17-13-6-2-1-5-12(13)11-16(19)18-9-10-20-15-8-4-3-7-14(15)18;/h3-4,7-8,12-13H,1-2,5-6,9-11,17H2;1H. The molecule has 1 aliphatic carbocycles. The predicted octanol–water partition coefficient (Wildman–Crippen LogP) is 2.74. The monoisotopic (exact) mass is 310 g/mol. The quantitative estimate of drug-likeness (QED) is 0.914. The van der Waals surface area contributed by atoms with Crippen LogP contribution >= 0.6 is 12.4 Å². The summed E-state index contributed by atoms with van der Waals surface area (Å²) in [6.07, 6.45) is 5.10. The number of halogens is 1. The molecule has 0 bridgehead atoms. The fourth-order valence-corrected chi connectivity index (χ4v) is 3.25. The number of nitrogens with zero attached hydrogens (tertiary/aromatic N) is 1. The molecule has 2 atom stereocenters. The molecule has 2 unspecified atom stereocenters. The fraction of sp³-hybridized carbons (Fsp3) is 0.562. The molecule has 3 rings (SSSR count). The summed E-state index contributed by atoms with van der Waals surface area (Å²) in [5.74, 6) is 1.33. The van der Waals surface area contributed by atoms with Crippen LogP contribution < -0.4 is 15.4 Å². The summed E-state index contributed by atoms with van der Waals surface area (Å²) in [5.41, 5.74) is 7.05. The van der Waals surface area contributed by atoms with Crippen LogP contribution in [0.5, 0.6) is 5.75 Å². The Morgan fingerprint density at radius 3 is 2.86 bits per heavy atom. The molecule has 5 heteroatoms. The third-order valence-corrected chi connectivity index (χ3v) is 4.43. The van der Waals surface area contributed by atoms with E-state index in [0.717, 1.165) is 24.3 Å². The zero-order valence-corrected chi connectivity index (χ0v) is 13.0. The van der Waals surface area contributed by atoms with Crippen molar-refractivity contribution in [2.24, 2.45) is 11.7 Å². The minimum absolute atomic E-state index is 0. The number of benzene rings is 1. The van der Waals surface area contributed by atoms with Crippen molar-refractivity contribution in [2.45, 2.75) is 38.1 Å². The number of nitrogens with two attached hydrogens (primary N) is 1. The lowest BCUT2D eigenvalue weighted by atomic mass is 9.82. The summed E-state index contributed by atoms with van der Waals surface area (Å²) in [7, 11) is 0. The topological polar surface area (TPSA) is 55.6 Å². The number of carbonyl (C=O) groups excluding carboxylic acids is 1. The molecule has 1 heterocycles. The third-order valence-electron chi connectivity index (χ3n) is 4.43. The van der Waals surface area contributed by atoms with Crippen molar-refractivity contribution in [2.75, 3.05) is 18.1 Å². The zero-order chi connectivity index (χ0) is 13.9. The summed E-state index contributed by atoms with van der Waals surface area (Å²) in [4.78, 5) is 14.5. The number of ether oxygens (including phenoxy) is 1. The van der Waals surface area contributed by atoms with Gasteiger partial charge in [0, 0.05) is 12.5 Å². The number of carbonyl (C=O) groups is 1. The van der Waals surface area contributed by atoms with Gasteiger partial charge in [0.05, 0.1) is 12.2 Å². The molecule has 1 fully saturated rings. The molecule has 1 aromatic carbocycles. The average molecular weight is 311 g/mol. The molecule has 1 saturated carbocycles. The van der Waals surface area contributed by atoms with Gasteiger partial charge in [-0.3, -0.25) is 4.79 Å². The number of hydrogen-bond acceptors (Lipinski definition) is 3. The van der Waals surface area contributed by atoms with Crippen molar-refractivity contribution in [1.82, 2.24) is 0 Å². The van der Waals surface area contributed by atoms with Crippen LogP contribution in [0.15, 0.2) is 24.3 Å². The van der Waals surface area contributed by atoms with E-state index in [1.54, 1.807) is 0 Å². The highest BCUT2D eigenvalue weighted by molar-refractivity contribution is 5.95. The van der Waals surface area contributed by atoms with E-state index in [-0.39, 0.29) is 24.4 Å². The van der Waals surface area contributed by atoms with Gasteiger partial charge < -0.3 is 15.4 Å². The van der Waals surface area contributed by atoms with Gasteiger partial charge in [0.2, 0.25) is 5.91 Å². The maximum Gasteiger partial charge on any atom is 0.227 e. The Morgan fingerprint density at radius 2 is 2.05 bits per heavy atom. The highest BCUT2D eigenvalue weighted by Gasteiger charge is 2.29. The minimum atomic E-state index is 0. The van der Waals surface area contributed by atoms with Crippen molar-refractivity contribution in [3.63, 3.8) is 0 Å². The SMILES string of the molecule is Cl.NC1CCCCC1CC(=O)N1CCOc2ccccc21. The smallest absolute Gasteiger partial charge is 0.227 e. The van der Waals surface area contributed by atoms with Gasteiger partial charge in [0.25, 0.3) is 0 Å². The molecule has 116 valence electrons. The highest BCUT2D eigenvalue weighted by atomic mass is 35.5. The minimum Gasteiger partial charge on any atom is -0.490 e. The first-order valence-electron chi connectivity index (χ1n) is 7.53. The van der Waals surface area contributed by atoms with E-state index in [9.17, 15) is 4.79 Å². The van der Waals surface area contributed by atoms with Crippen LogP contribution in [0.1, 0.15) is 32.1 Å². The molecule has 0 aromatic heterocycles. The highest BCUT2D eigenvalue weighted by Crippen LogP contribution is 2.33. The fourth-order valence-electron chi connectivity index (χ4n) is 3.25. The largest absolute Gasteiger partial charge is 0.490 e. The number of para-hydroxylation sites is 2. The molecular weight excluding hydrogens is 288 g/mol. The molecule has 0 spiro atoms. The van der Waals surface area contributed by atoms with E-state index in [1.807, 2.05) is 29.2 Å². The van der Waals surface area contributed by atoms with Gasteiger partial charge in [-0.15, -0.1) is 12.4 Å². The van der Waals surface area contributed by atoms with Gasteiger partial charge in [-0.25, -0.2) is 0 Å². The molecule has 0 radical (unpaired) electrons. The molecule has 2 N–H and O–H groups in total. The number of rotatable bonds is 2. The van der Waals surface area contributed by atoms with E-state index in [2.05, 4.69) is 0 Å². The molecule has 1 aliphatic heterocycles. The van der Waals surface area contributed by atoms with Crippen LogP contribution in [-0.2, 0) is 4.79 Å². The molecular formula is C16H23ClN2O2. The van der Waals surface area contributed by atoms with Crippen LogP contribution in [0.2, 0.25) is 0 Å². The first-order valence-corrected chi connectivity index (χ1v) is 7.53. The maximum atomic E-state index is 12.6. The summed E-state index contributed by atoms with van der Waals surface area (Å²) in [6.45, 7) is 1.21. The van der Waals surface area contributed by atoms with E-state index in [4.69, 9.17) is 10.5 Å². The molecule has 1 amide bonds. The number of fused-ring (bicyclic) bond motifs is 1. The van der Waals surface area contributed by atoms with Crippen molar-refractivity contribution in [3.8, 4) is 5.75 Å². The van der Waals surface area contributed by atoms with Crippen LogP contribution in [-0.4, -0.2) is 25.1 Å². The summed E-state index contributed by atoms with van der Waals surface area (Å²) >= 11 is 0. The lowest BCUT2D eigenvalue weighted by Crippen LogP contribution is -2.42. The van der Waals surface area contributed by atoms with Crippen LogP contribution in [0, 0.1) is 5.92 Å². The first-order chi connectivity index (χ1) is 9.75. The maximum absolute atomic E-state index is 12.6. The molecule has 0 saturated heterocycles. The Hall–Kier alpha value is -1.26. The van der Waals surface area contributed by atoms with Crippen LogP contribution in [0.3, 0.4) is 0 Å². The van der Waals surface area contributed by atoms with Crippen molar-refractivity contribution in [3.05, 3.63) is 24.3 Å². The van der Waals surface area contributed by atoms with Gasteiger partial charge in [-0.1, -0.05) is 25.0 Å². The van der Waals surface area contributed by atoms with Crippen molar-refractivity contribution >= 4 is 24.0 Å². The van der Waals surface area contributed by atoms with E-state index in [0.29, 0.717) is 25.5 Å². The Kier molecular flexibility index (Phi) is 5.48. The third kappa shape index (κ3) is 3.50. The van der Waals surface area contributed by atoms with Crippen molar-refractivity contribution in [1.29, 1.82) is 0 Å². The molecule has 2 aliphatic rings. The molecule has 4 nitrogen and oxygen atoms in total.